The Morgan fingerprint density at radius 1 is 1.18 bits per heavy atom. The van der Waals surface area contributed by atoms with Crippen LogP contribution in [0.25, 0.3) is 0 Å². The largest absolute Gasteiger partial charge is 0.458 e. The summed E-state index contributed by atoms with van der Waals surface area (Å²) in [5.41, 5.74) is 0.0302. The number of esters is 1. The normalized spacial score (nSPS) is 49.5. The quantitative estimate of drug-likeness (QED) is 0.669. The van der Waals surface area contributed by atoms with Crippen molar-refractivity contribution in [1.29, 1.82) is 0 Å². The third kappa shape index (κ3) is 1.94. The Bertz CT molecular complexity index is 462. The van der Waals surface area contributed by atoms with E-state index in [9.17, 15) is 4.79 Å². The van der Waals surface area contributed by atoms with Gasteiger partial charge in [0, 0.05) is 10.8 Å². The van der Waals surface area contributed by atoms with Gasteiger partial charge >= 0.3 is 5.97 Å². The van der Waals surface area contributed by atoms with Crippen molar-refractivity contribution in [2.45, 2.75) is 85.7 Å². The van der Waals surface area contributed by atoms with E-state index in [1.165, 1.54) is 25.7 Å². The Hall–Kier alpha value is -0.530. The molecule has 3 aliphatic carbocycles. The van der Waals surface area contributed by atoms with Crippen LogP contribution in [0.2, 0.25) is 0 Å². The molecule has 0 radical (unpaired) electrons. The molecule has 0 heterocycles. The summed E-state index contributed by atoms with van der Waals surface area (Å²) < 4.78 is 6.46. The van der Waals surface area contributed by atoms with Gasteiger partial charge < -0.3 is 4.74 Å². The van der Waals surface area contributed by atoms with Crippen molar-refractivity contribution in [2.75, 3.05) is 0 Å². The summed E-state index contributed by atoms with van der Waals surface area (Å²) in [6.45, 7) is 13.8. The van der Waals surface area contributed by atoms with Crippen LogP contribution in [0, 0.1) is 34.5 Å². The molecule has 3 rings (SSSR count). The molecule has 0 aromatic heterocycles. The van der Waals surface area contributed by atoms with Crippen LogP contribution in [0.15, 0.2) is 0 Å². The van der Waals surface area contributed by atoms with E-state index >= 15 is 0 Å². The molecular weight excluding hydrogens is 272 g/mol. The molecule has 0 aromatic rings. The van der Waals surface area contributed by atoms with Crippen molar-refractivity contribution in [3.05, 3.63) is 0 Å². The summed E-state index contributed by atoms with van der Waals surface area (Å²) in [7, 11) is 0. The van der Waals surface area contributed by atoms with E-state index in [0.717, 1.165) is 12.8 Å². The second kappa shape index (κ2) is 4.98. The van der Waals surface area contributed by atoms with Crippen LogP contribution in [-0.2, 0) is 9.53 Å². The number of hydrogen-bond donors (Lipinski definition) is 0. The van der Waals surface area contributed by atoms with Crippen molar-refractivity contribution < 1.29 is 9.53 Å². The molecule has 3 aliphatic rings. The highest BCUT2D eigenvalue weighted by molar-refractivity contribution is 5.74. The predicted molar refractivity (Wildman–Crippen MR) is 89.4 cm³/mol. The van der Waals surface area contributed by atoms with Gasteiger partial charge in [-0.1, -0.05) is 41.5 Å². The fraction of sp³-hybridized carbons (Fsp3) is 0.950. The lowest BCUT2D eigenvalue weighted by molar-refractivity contribution is -0.205. The number of ether oxygens (including phenoxy) is 1. The monoisotopic (exact) mass is 306 g/mol. The maximum Gasteiger partial charge on any atom is 0.309 e. The van der Waals surface area contributed by atoms with Gasteiger partial charge in [-0.2, -0.15) is 0 Å². The molecule has 22 heavy (non-hydrogen) atoms. The van der Waals surface area contributed by atoms with Gasteiger partial charge in [0.25, 0.3) is 0 Å². The minimum absolute atomic E-state index is 0.0977. The lowest BCUT2D eigenvalue weighted by atomic mass is 9.59. The minimum atomic E-state index is -0.258. The fourth-order valence-corrected chi connectivity index (χ4v) is 6.68. The van der Waals surface area contributed by atoms with E-state index in [0.29, 0.717) is 17.8 Å². The van der Waals surface area contributed by atoms with Crippen LogP contribution in [0.5, 0.6) is 0 Å². The maximum atomic E-state index is 13.0. The van der Waals surface area contributed by atoms with E-state index in [-0.39, 0.29) is 28.3 Å². The van der Waals surface area contributed by atoms with Crippen LogP contribution in [0.1, 0.15) is 80.1 Å². The van der Waals surface area contributed by atoms with Crippen molar-refractivity contribution in [1.82, 2.24) is 0 Å². The average molecular weight is 306 g/mol. The van der Waals surface area contributed by atoms with Gasteiger partial charge in [0.2, 0.25) is 0 Å². The highest BCUT2D eigenvalue weighted by Gasteiger charge is 2.70. The molecule has 3 fully saturated rings. The molecule has 0 amide bonds. The van der Waals surface area contributed by atoms with E-state index in [4.69, 9.17) is 4.74 Å². The van der Waals surface area contributed by atoms with Gasteiger partial charge in [0.05, 0.1) is 5.92 Å². The molecule has 0 N–H and O–H groups in total. The Kier molecular flexibility index (Phi) is 3.70. The van der Waals surface area contributed by atoms with Crippen LogP contribution in [0.3, 0.4) is 0 Å². The van der Waals surface area contributed by atoms with Gasteiger partial charge in [-0.3, -0.25) is 4.79 Å². The van der Waals surface area contributed by atoms with Crippen molar-refractivity contribution in [3.8, 4) is 0 Å². The highest BCUT2D eigenvalue weighted by atomic mass is 16.6. The van der Waals surface area contributed by atoms with Crippen LogP contribution in [0.4, 0.5) is 0 Å². The zero-order chi connectivity index (χ0) is 16.3. The second-order valence-electron chi connectivity index (χ2n) is 9.48. The first-order valence-corrected chi connectivity index (χ1v) is 9.40. The minimum Gasteiger partial charge on any atom is -0.458 e. The number of hydrogen-bond acceptors (Lipinski definition) is 2. The number of carbonyl (C=O) groups excluding carboxylic acids is 1. The summed E-state index contributed by atoms with van der Waals surface area (Å²) >= 11 is 0. The molecule has 2 bridgehead atoms. The van der Waals surface area contributed by atoms with E-state index < -0.39 is 0 Å². The summed E-state index contributed by atoms with van der Waals surface area (Å²) in [6.07, 6.45) is 6.90. The summed E-state index contributed by atoms with van der Waals surface area (Å²) in [6, 6.07) is 0. The summed E-state index contributed by atoms with van der Waals surface area (Å²) in [4.78, 5) is 13.0. The molecule has 0 spiro atoms. The smallest absolute Gasteiger partial charge is 0.309 e. The Morgan fingerprint density at radius 3 is 2.32 bits per heavy atom. The van der Waals surface area contributed by atoms with Gasteiger partial charge in [0.15, 0.2) is 0 Å². The Balaban J connectivity index is 1.87. The molecule has 2 heteroatoms. The third-order valence-corrected chi connectivity index (χ3v) is 7.97. The van der Waals surface area contributed by atoms with E-state index in [2.05, 4.69) is 41.5 Å². The SMILES string of the molecule is CCC1(OC(=O)C2CC(C)CC2C)C2(C)CCC(C2)C1(C)C. The topological polar surface area (TPSA) is 26.3 Å². The molecule has 6 unspecified atom stereocenters. The average Bonchev–Trinajstić information content (AvgIpc) is 3.02. The van der Waals surface area contributed by atoms with Gasteiger partial charge in [-0.05, 0) is 56.3 Å². The fourth-order valence-electron chi connectivity index (χ4n) is 6.68. The number of carbonyl (C=O) groups is 1. The predicted octanol–water partition coefficient (Wildman–Crippen LogP) is 5.21. The summed E-state index contributed by atoms with van der Waals surface area (Å²) in [5.74, 6) is 2.07. The van der Waals surface area contributed by atoms with Gasteiger partial charge in [-0.15, -0.1) is 0 Å². The van der Waals surface area contributed by atoms with Crippen LogP contribution in [-0.4, -0.2) is 11.6 Å². The molecule has 0 aromatic carbocycles. The molecule has 126 valence electrons. The van der Waals surface area contributed by atoms with Crippen LogP contribution >= 0.6 is 0 Å². The first kappa shape index (κ1) is 16.3. The molecule has 0 saturated heterocycles. The van der Waals surface area contributed by atoms with Crippen LogP contribution < -0.4 is 0 Å². The van der Waals surface area contributed by atoms with Crippen molar-refractivity contribution >= 4 is 5.97 Å². The molecule has 6 atom stereocenters. The van der Waals surface area contributed by atoms with Crippen molar-refractivity contribution in [3.63, 3.8) is 0 Å². The molecule has 2 nitrogen and oxygen atoms in total. The number of fused-ring (bicyclic) bond motifs is 2. The Morgan fingerprint density at radius 2 is 1.86 bits per heavy atom. The zero-order valence-corrected chi connectivity index (χ0v) is 15.4. The molecule has 0 aliphatic heterocycles. The first-order valence-electron chi connectivity index (χ1n) is 9.40. The highest BCUT2D eigenvalue weighted by Crippen LogP contribution is 2.70. The van der Waals surface area contributed by atoms with Crippen molar-refractivity contribution in [2.24, 2.45) is 34.5 Å². The first-order chi connectivity index (χ1) is 10.2. The maximum absolute atomic E-state index is 13.0. The lowest BCUT2D eigenvalue weighted by Crippen LogP contribution is -2.57. The second-order valence-corrected chi connectivity index (χ2v) is 9.48. The molecular formula is C20H34O2. The Labute approximate surface area is 136 Å². The number of rotatable bonds is 3. The lowest BCUT2D eigenvalue weighted by Gasteiger charge is -2.53. The molecule has 3 saturated carbocycles. The van der Waals surface area contributed by atoms with E-state index in [1.807, 2.05) is 0 Å². The third-order valence-electron chi connectivity index (χ3n) is 7.97. The van der Waals surface area contributed by atoms with E-state index in [1.54, 1.807) is 0 Å². The van der Waals surface area contributed by atoms with Gasteiger partial charge in [0.1, 0.15) is 5.60 Å². The standard InChI is InChI=1S/C20H34O2/c1-7-20(18(4,5)15-8-9-19(20,6)12-15)22-17(21)16-11-13(2)10-14(16)3/h13-16H,7-12H2,1-6H3. The summed E-state index contributed by atoms with van der Waals surface area (Å²) in [5, 5.41) is 0. The zero-order valence-electron chi connectivity index (χ0n) is 15.4. The van der Waals surface area contributed by atoms with Gasteiger partial charge in [-0.25, -0.2) is 0 Å².